The van der Waals surface area contributed by atoms with Crippen molar-refractivity contribution in [2.24, 2.45) is 11.8 Å². The Bertz CT molecular complexity index is 697. The second-order valence-corrected chi connectivity index (χ2v) is 9.89. The van der Waals surface area contributed by atoms with Crippen molar-refractivity contribution in [1.82, 2.24) is 9.80 Å². The smallest absolute Gasteiger partial charge is 0.225 e. The van der Waals surface area contributed by atoms with E-state index in [9.17, 15) is 13.2 Å². The molecule has 0 aliphatic carbocycles. The highest BCUT2D eigenvalue weighted by Gasteiger charge is 2.30. The molecule has 1 atom stereocenters. The fourth-order valence-corrected chi connectivity index (χ4v) is 5.35. The minimum Gasteiger partial charge on any atom is -0.342 e. The molecule has 1 amide bonds. The Hall–Kier alpha value is -1.40. The molecule has 0 saturated carbocycles. The number of benzene rings is 1. The number of piperidine rings is 2. The largest absolute Gasteiger partial charge is 0.342 e. The van der Waals surface area contributed by atoms with Gasteiger partial charge in [-0.1, -0.05) is 25.1 Å². The van der Waals surface area contributed by atoms with Gasteiger partial charge in [0.2, 0.25) is 5.91 Å². The molecule has 2 saturated heterocycles. The molecule has 2 aliphatic heterocycles. The molecule has 26 heavy (non-hydrogen) atoms. The monoisotopic (exact) mass is 378 g/mol. The van der Waals surface area contributed by atoms with Crippen molar-refractivity contribution in [1.29, 1.82) is 0 Å². The van der Waals surface area contributed by atoms with Gasteiger partial charge in [-0.15, -0.1) is 0 Å². The average Bonchev–Trinajstić information content (AvgIpc) is 2.67. The Morgan fingerprint density at radius 3 is 2.42 bits per heavy atom. The number of hydrogen-bond donors (Lipinski definition) is 0. The van der Waals surface area contributed by atoms with Gasteiger partial charge in [0.25, 0.3) is 0 Å². The molecule has 1 aromatic carbocycles. The first kappa shape index (κ1) is 19.4. The van der Waals surface area contributed by atoms with Crippen molar-refractivity contribution in [2.75, 3.05) is 38.5 Å². The Morgan fingerprint density at radius 2 is 1.77 bits per heavy atom. The molecular formula is C20H30N2O3S. The summed E-state index contributed by atoms with van der Waals surface area (Å²) in [6.07, 6.45) is 4.02. The fraction of sp³-hybridized carbons (Fsp3) is 0.650. The molecular weight excluding hydrogens is 348 g/mol. The van der Waals surface area contributed by atoms with Crippen molar-refractivity contribution < 1.29 is 13.2 Å². The lowest BCUT2D eigenvalue weighted by molar-refractivity contribution is -0.138. The van der Waals surface area contributed by atoms with Crippen LogP contribution in [0, 0.1) is 11.8 Å². The molecule has 0 aromatic heterocycles. The molecule has 0 radical (unpaired) electrons. The third-order valence-electron chi connectivity index (χ3n) is 5.68. The molecule has 1 aromatic rings. The van der Waals surface area contributed by atoms with Crippen LogP contribution in [0.1, 0.15) is 32.6 Å². The van der Waals surface area contributed by atoms with E-state index < -0.39 is 9.84 Å². The quantitative estimate of drug-likeness (QED) is 0.790. The van der Waals surface area contributed by atoms with Gasteiger partial charge in [-0.25, -0.2) is 8.42 Å². The summed E-state index contributed by atoms with van der Waals surface area (Å²) in [6, 6.07) is 8.64. The van der Waals surface area contributed by atoms with Gasteiger partial charge in [0.1, 0.15) is 0 Å². The van der Waals surface area contributed by atoms with Crippen LogP contribution in [0.3, 0.4) is 0 Å². The summed E-state index contributed by atoms with van der Waals surface area (Å²) in [5, 5.41) is 0. The Morgan fingerprint density at radius 1 is 1.08 bits per heavy atom. The van der Waals surface area contributed by atoms with E-state index in [1.807, 2.05) is 11.0 Å². The summed E-state index contributed by atoms with van der Waals surface area (Å²) in [7, 11) is -3.23. The molecule has 0 N–H and O–H groups in total. The third kappa shape index (κ3) is 4.86. The summed E-state index contributed by atoms with van der Waals surface area (Å²) in [5.74, 6) is 1.17. The predicted octanol–water partition coefficient (Wildman–Crippen LogP) is 2.43. The number of hydrogen-bond acceptors (Lipinski definition) is 4. The molecule has 0 spiro atoms. The van der Waals surface area contributed by atoms with Gasteiger partial charge in [0.15, 0.2) is 9.84 Å². The Labute approximate surface area is 157 Å². The molecule has 144 valence electrons. The van der Waals surface area contributed by atoms with Gasteiger partial charge in [-0.2, -0.15) is 0 Å². The number of rotatable bonds is 5. The average molecular weight is 379 g/mol. The van der Waals surface area contributed by atoms with Crippen molar-refractivity contribution in [3.63, 3.8) is 0 Å². The zero-order chi connectivity index (χ0) is 18.6. The van der Waals surface area contributed by atoms with Gasteiger partial charge in [-0.05, 0) is 56.8 Å². The highest BCUT2D eigenvalue weighted by molar-refractivity contribution is 7.91. The SMILES string of the molecule is C[C@@H]1CCCN(C(=O)C2CCN(CCS(=O)(=O)c3ccccc3)CC2)C1. The van der Waals surface area contributed by atoms with Crippen LogP contribution in [0.25, 0.3) is 0 Å². The molecule has 0 unspecified atom stereocenters. The maximum atomic E-state index is 12.7. The highest BCUT2D eigenvalue weighted by atomic mass is 32.2. The van der Waals surface area contributed by atoms with Crippen molar-refractivity contribution in [2.45, 2.75) is 37.5 Å². The van der Waals surface area contributed by atoms with E-state index in [-0.39, 0.29) is 11.7 Å². The number of nitrogens with zero attached hydrogens (tertiary/aromatic N) is 2. The lowest BCUT2D eigenvalue weighted by Crippen LogP contribution is -2.46. The van der Waals surface area contributed by atoms with E-state index in [4.69, 9.17) is 0 Å². The van der Waals surface area contributed by atoms with Crippen molar-refractivity contribution in [3.05, 3.63) is 30.3 Å². The lowest BCUT2D eigenvalue weighted by Gasteiger charge is -2.37. The molecule has 2 heterocycles. The summed E-state index contributed by atoms with van der Waals surface area (Å²) in [4.78, 5) is 17.3. The lowest BCUT2D eigenvalue weighted by atomic mass is 9.93. The van der Waals surface area contributed by atoms with Gasteiger partial charge in [-0.3, -0.25) is 4.79 Å². The van der Waals surface area contributed by atoms with E-state index in [0.29, 0.717) is 23.3 Å². The second kappa shape index (κ2) is 8.53. The predicted molar refractivity (Wildman–Crippen MR) is 103 cm³/mol. The van der Waals surface area contributed by atoms with E-state index >= 15 is 0 Å². The number of carbonyl (C=O) groups excluding carboxylic acids is 1. The van der Waals surface area contributed by atoms with Crippen LogP contribution < -0.4 is 0 Å². The number of carbonyl (C=O) groups is 1. The summed E-state index contributed by atoms with van der Waals surface area (Å²) in [5.41, 5.74) is 0. The van der Waals surface area contributed by atoms with Crippen LogP contribution in [-0.4, -0.2) is 62.6 Å². The molecule has 6 heteroatoms. The van der Waals surface area contributed by atoms with Gasteiger partial charge >= 0.3 is 0 Å². The minimum atomic E-state index is -3.23. The fourth-order valence-electron chi connectivity index (χ4n) is 4.05. The van der Waals surface area contributed by atoms with Gasteiger partial charge < -0.3 is 9.80 Å². The van der Waals surface area contributed by atoms with E-state index in [1.165, 1.54) is 6.42 Å². The first-order chi connectivity index (χ1) is 12.5. The highest BCUT2D eigenvalue weighted by Crippen LogP contribution is 2.23. The van der Waals surface area contributed by atoms with Crippen LogP contribution in [0.5, 0.6) is 0 Å². The van der Waals surface area contributed by atoms with Gasteiger partial charge in [0.05, 0.1) is 10.6 Å². The summed E-state index contributed by atoms with van der Waals surface area (Å²) < 4.78 is 24.8. The number of likely N-dealkylation sites (tertiary alicyclic amines) is 2. The first-order valence-electron chi connectivity index (χ1n) is 9.74. The van der Waals surface area contributed by atoms with E-state index in [0.717, 1.165) is 45.4 Å². The maximum absolute atomic E-state index is 12.7. The van der Waals surface area contributed by atoms with E-state index in [1.54, 1.807) is 24.3 Å². The number of amides is 1. The van der Waals surface area contributed by atoms with Crippen LogP contribution in [0.15, 0.2) is 35.2 Å². The van der Waals surface area contributed by atoms with Crippen LogP contribution >= 0.6 is 0 Å². The summed E-state index contributed by atoms with van der Waals surface area (Å²) >= 11 is 0. The second-order valence-electron chi connectivity index (χ2n) is 7.78. The van der Waals surface area contributed by atoms with Crippen LogP contribution in [0.2, 0.25) is 0 Å². The van der Waals surface area contributed by atoms with Gasteiger partial charge in [0, 0.05) is 25.6 Å². The maximum Gasteiger partial charge on any atom is 0.225 e. The zero-order valence-electron chi connectivity index (χ0n) is 15.6. The molecule has 2 aliphatic rings. The number of sulfone groups is 1. The Kier molecular flexibility index (Phi) is 6.35. The van der Waals surface area contributed by atoms with E-state index in [2.05, 4.69) is 11.8 Å². The minimum absolute atomic E-state index is 0.113. The topological polar surface area (TPSA) is 57.7 Å². The Balaban J connectivity index is 1.46. The molecule has 3 rings (SSSR count). The van der Waals surface area contributed by atoms with Crippen LogP contribution in [-0.2, 0) is 14.6 Å². The third-order valence-corrected chi connectivity index (χ3v) is 7.39. The molecule has 5 nitrogen and oxygen atoms in total. The normalized spacial score (nSPS) is 23.1. The molecule has 2 fully saturated rings. The zero-order valence-corrected chi connectivity index (χ0v) is 16.5. The summed E-state index contributed by atoms with van der Waals surface area (Å²) in [6.45, 7) is 6.18. The van der Waals surface area contributed by atoms with Crippen molar-refractivity contribution in [3.8, 4) is 0 Å². The standard InChI is InChI=1S/C20H30N2O3S/c1-17-6-5-11-22(16-17)20(23)18-9-12-21(13-10-18)14-15-26(24,25)19-7-3-2-4-8-19/h2-4,7-8,17-18H,5-6,9-16H2,1H3/t17-/m1/s1. The van der Waals surface area contributed by atoms with Crippen LogP contribution in [0.4, 0.5) is 0 Å². The first-order valence-corrected chi connectivity index (χ1v) is 11.4. The van der Waals surface area contributed by atoms with Crippen molar-refractivity contribution >= 4 is 15.7 Å². The molecule has 0 bridgehead atoms.